The Morgan fingerprint density at radius 2 is 2.14 bits per heavy atom. The van der Waals surface area contributed by atoms with Gasteiger partial charge in [0, 0.05) is 16.1 Å². The van der Waals surface area contributed by atoms with Gasteiger partial charge < -0.3 is 4.74 Å². The quantitative estimate of drug-likeness (QED) is 0.612. The molecule has 0 saturated carbocycles. The maximum absolute atomic E-state index is 11.0. The van der Waals surface area contributed by atoms with Crippen molar-refractivity contribution in [1.82, 2.24) is 0 Å². The van der Waals surface area contributed by atoms with Gasteiger partial charge in [0.2, 0.25) is 0 Å². The number of carbonyl (C=O) groups is 1. The molecule has 0 aliphatic rings. The monoisotopic (exact) mass is 274 g/mol. The summed E-state index contributed by atoms with van der Waals surface area (Å²) in [4.78, 5) is 10.8. The largest absolute Gasteiger partial charge is 0.465 e. The fourth-order valence-corrected chi connectivity index (χ4v) is 3.76. The first-order valence-electron chi connectivity index (χ1n) is 3.18. The highest BCUT2D eigenvalue weighted by Gasteiger charge is 2.23. The summed E-state index contributed by atoms with van der Waals surface area (Å²) in [5.41, 5.74) is 0. The molecule has 0 N–H and O–H groups in total. The number of hydrogen-bond acceptors (Lipinski definition) is 5. The zero-order chi connectivity index (χ0) is 10.9. The number of hydrogen-bond donors (Lipinski definition) is 0. The number of methoxy groups -OCH3 is 1. The molecule has 1 rings (SSSR count). The van der Waals surface area contributed by atoms with E-state index in [0.717, 1.165) is 11.3 Å². The first-order chi connectivity index (χ1) is 6.38. The third-order valence-corrected chi connectivity index (χ3v) is 4.40. The lowest BCUT2D eigenvalue weighted by Crippen LogP contribution is -1.99. The van der Waals surface area contributed by atoms with Crippen LogP contribution in [0.5, 0.6) is 0 Å². The zero-order valence-electron chi connectivity index (χ0n) is 6.78. The van der Waals surface area contributed by atoms with Gasteiger partial charge in [-0.25, -0.2) is 13.2 Å². The zero-order valence-corrected chi connectivity index (χ0v) is 9.93. The molecule has 0 bridgehead atoms. The van der Waals surface area contributed by atoms with Crippen molar-refractivity contribution in [3.8, 4) is 0 Å². The topological polar surface area (TPSA) is 60.4 Å². The van der Waals surface area contributed by atoms with Gasteiger partial charge in [-0.3, -0.25) is 0 Å². The van der Waals surface area contributed by atoms with Gasteiger partial charge in [-0.05, 0) is 0 Å². The van der Waals surface area contributed by atoms with Crippen molar-refractivity contribution in [2.24, 2.45) is 0 Å². The second kappa shape index (κ2) is 4.06. The van der Waals surface area contributed by atoms with Crippen molar-refractivity contribution in [3.63, 3.8) is 0 Å². The summed E-state index contributed by atoms with van der Waals surface area (Å²) in [6.45, 7) is 0. The van der Waals surface area contributed by atoms with Crippen LogP contribution in [0.2, 0.25) is 5.02 Å². The Kier molecular flexibility index (Phi) is 3.41. The second-order valence-corrected chi connectivity index (χ2v) is 5.96. The smallest absolute Gasteiger partial charge is 0.349 e. The van der Waals surface area contributed by atoms with Crippen LogP contribution in [0.1, 0.15) is 9.67 Å². The molecule has 4 nitrogen and oxygen atoms in total. The molecule has 1 heterocycles. The van der Waals surface area contributed by atoms with Gasteiger partial charge >= 0.3 is 5.97 Å². The number of thiophene rings is 1. The normalized spacial score (nSPS) is 11.4. The summed E-state index contributed by atoms with van der Waals surface area (Å²) < 4.78 is 26.2. The molecule has 0 aliphatic carbocycles. The molecule has 1 aromatic heterocycles. The number of rotatable bonds is 2. The van der Waals surface area contributed by atoms with E-state index in [9.17, 15) is 13.2 Å². The summed E-state index contributed by atoms with van der Waals surface area (Å²) in [5, 5.41) is 0.994. The first kappa shape index (κ1) is 11.8. The van der Waals surface area contributed by atoms with Gasteiger partial charge in [0.15, 0.2) is 0 Å². The summed E-state index contributed by atoms with van der Waals surface area (Å²) in [6.07, 6.45) is 0. The van der Waals surface area contributed by atoms with E-state index in [1.807, 2.05) is 0 Å². The highest BCUT2D eigenvalue weighted by Crippen LogP contribution is 2.33. The Bertz CT molecular complexity index is 462. The lowest BCUT2D eigenvalue weighted by atomic mass is 10.5. The molecule has 0 amide bonds. The Morgan fingerprint density at radius 3 is 2.50 bits per heavy atom. The van der Waals surface area contributed by atoms with Crippen LogP contribution in [-0.2, 0) is 13.8 Å². The molecule has 14 heavy (non-hydrogen) atoms. The summed E-state index contributed by atoms with van der Waals surface area (Å²) in [5.74, 6) is -0.688. The van der Waals surface area contributed by atoms with Crippen molar-refractivity contribution in [1.29, 1.82) is 0 Å². The highest BCUT2D eigenvalue weighted by atomic mass is 35.7. The molecule has 0 spiro atoms. The van der Waals surface area contributed by atoms with Crippen molar-refractivity contribution in [3.05, 3.63) is 15.3 Å². The molecule has 0 fully saturated rings. The molecule has 0 saturated heterocycles. The summed E-state index contributed by atoms with van der Waals surface area (Å²) >= 11 is 6.49. The number of carbonyl (C=O) groups excluding carboxylic acids is 1. The number of esters is 1. The van der Waals surface area contributed by atoms with Crippen molar-refractivity contribution in [2.75, 3.05) is 7.11 Å². The molecule has 0 unspecified atom stereocenters. The maximum Gasteiger partial charge on any atom is 0.349 e. The summed E-state index contributed by atoms with van der Waals surface area (Å²) in [6, 6.07) is 0. The molecule has 1 aromatic rings. The van der Waals surface area contributed by atoms with Crippen LogP contribution in [0.15, 0.2) is 10.3 Å². The predicted octanol–water partition coefficient (Wildman–Crippen LogP) is 2.12. The van der Waals surface area contributed by atoms with Gasteiger partial charge in [0.25, 0.3) is 9.05 Å². The van der Waals surface area contributed by atoms with Crippen LogP contribution in [0, 0.1) is 0 Å². The Morgan fingerprint density at radius 1 is 1.57 bits per heavy atom. The van der Waals surface area contributed by atoms with Crippen LogP contribution in [-0.4, -0.2) is 21.5 Å². The average molecular weight is 275 g/mol. The minimum absolute atomic E-state index is 0.0217. The van der Waals surface area contributed by atoms with Crippen LogP contribution < -0.4 is 0 Å². The Hall–Kier alpha value is -0.300. The molecular weight excluding hydrogens is 271 g/mol. The third kappa shape index (κ3) is 2.20. The molecule has 0 aromatic carbocycles. The van der Waals surface area contributed by atoms with Gasteiger partial charge in [0.05, 0.1) is 12.1 Å². The minimum atomic E-state index is -3.91. The first-order valence-corrected chi connectivity index (χ1v) is 6.74. The van der Waals surface area contributed by atoms with Gasteiger partial charge in [-0.15, -0.1) is 11.3 Å². The van der Waals surface area contributed by atoms with Crippen molar-refractivity contribution < 1.29 is 17.9 Å². The lowest BCUT2D eigenvalue weighted by Gasteiger charge is -1.95. The van der Waals surface area contributed by atoms with E-state index in [2.05, 4.69) is 4.74 Å². The highest BCUT2D eigenvalue weighted by molar-refractivity contribution is 8.14. The molecule has 0 aliphatic heterocycles. The molecule has 8 heteroatoms. The van der Waals surface area contributed by atoms with Crippen LogP contribution in [0.25, 0.3) is 0 Å². The molecule has 0 radical (unpaired) electrons. The van der Waals surface area contributed by atoms with E-state index >= 15 is 0 Å². The predicted molar refractivity (Wildman–Crippen MR) is 53.7 cm³/mol. The van der Waals surface area contributed by atoms with Crippen molar-refractivity contribution >= 4 is 48.6 Å². The van der Waals surface area contributed by atoms with Gasteiger partial charge in [0.1, 0.15) is 9.77 Å². The molecule has 0 atom stereocenters. The van der Waals surface area contributed by atoms with Gasteiger partial charge in [-0.2, -0.15) is 0 Å². The van der Waals surface area contributed by atoms with E-state index < -0.39 is 15.0 Å². The maximum atomic E-state index is 11.0. The average Bonchev–Trinajstić information content (AvgIpc) is 2.45. The van der Waals surface area contributed by atoms with E-state index in [0.29, 0.717) is 0 Å². The van der Waals surface area contributed by atoms with Crippen LogP contribution >= 0.6 is 33.6 Å². The van der Waals surface area contributed by atoms with E-state index in [1.54, 1.807) is 0 Å². The fraction of sp³-hybridized carbons (Fsp3) is 0.167. The van der Waals surface area contributed by atoms with E-state index in [-0.39, 0.29) is 14.8 Å². The SMILES string of the molecule is COC(=O)c1scc(S(=O)(=O)Cl)c1Cl. The lowest BCUT2D eigenvalue weighted by molar-refractivity contribution is 0.0606. The molecule has 78 valence electrons. The second-order valence-electron chi connectivity index (χ2n) is 2.17. The molecular formula is C6H4Cl2O4S2. The van der Waals surface area contributed by atoms with Crippen LogP contribution in [0.3, 0.4) is 0 Å². The van der Waals surface area contributed by atoms with E-state index in [4.69, 9.17) is 22.3 Å². The summed E-state index contributed by atoms with van der Waals surface area (Å²) in [7, 11) is 2.33. The number of halogens is 2. The minimum Gasteiger partial charge on any atom is -0.465 e. The third-order valence-electron chi connectivity index (χ3n) is 1.33. The van der Waals surface area contributed by atoms with Crippen molar-refractivity contribution in [2.45, 2.75) is 4.90 Å². The Labute approximate surface area is 93.8 Å². The fourth-order valence-electron chi connectivity index (χ4n) is 0.723. The Balaban J connectivity index is 3.29. The van der Waals surface area contributed by atoms with Gasteiger partial charge in [-0.1, -0.05) is 11.6 Å². The standard InChI is InChI=1S/C6H4Cl2O4S2/c1-12-6(9)5-4(7)3(2-13-5)14(8,10)11/h2H,1H3. The van der Waals surface area contributed by atoms with Crippen LogP contribution in [0.4, 0.5) is 0 Å². The number of ether oxygens (including phenoxy) is 1. The van der Waals surface area contributed by atoms with E-state index in [1.165, 1.54) is 12.5 Å².